The largest absolute Gasteiger partial charge is 0.381 e. The van der Waals surface area contributed by atoms with E-state index in [1.807, 2.05) is 26.0 Å². The average Bonchev–Trinajstić information content (AvgIpc) is 2.19. The van der Waals surface area contributed by atoms with Gasteiger partial charge in [0.05, 0.1) is 11.6 Å². The van der Waals surface area contributed by atoms with E-state index in [1.165, 1.54) is 0 Å². The summed E-state index contributed by atoms with van der Waals surface area (Å²) in [6.07, 6.45) is 0. The molecule has 2 atom stereocenters. The molecule has 3 N–H and O–H groups in total. The van der Waals surface area contributed by atoms with Crippen molar-refractivity contribution in [2.45, 2.75) is 25.9 Å². The van der Waals surface area contributed by atoms with Crippen LogP contribution in [0.5, 0.6) is 0 Å². The third-order valence-corrected chi connectivity index (χ3v) is 2.20. The maximum Gasteiger partial charge on any atom is 0.0991 e. The van der Waals surface area contributed by atoms with Crippen molar-refractivity contribution in [1.29, 1.82) is 5.26 Å². The third-order valence-electron chi connectivity index (χ3n) is 2.20. The highest BCUT2D eigenvalue weighted by Gasteiger charge is 2.06. The van der Waals surface area contributed by atoms with Crippen molar-refractivity contribution >= 4 is 5.69 Å². The van der Waals surface area contributed by atoms with Gasteiger partial charge in [-0.3, -0.25) is 0 Å². The van der Waals surface area contributed by atoms with Crippen molar-refractivity contribution in [2.75, 3.05) is 5.32 Å². The molecule has 2 unspecified atom stereocenters. The number of nitrogens with two attached hydrogens (primary N) is 1. The zero-order chi connectivity index (χ0) is 10.6. The van der Waals surface area contributed by atoms with E-state index < -0.39 is 0 Å². The molecular weight excluding hydrogens is 174 g/mol. The second kappa shape index (κ2) is 4.64. The Kier molecular flexibility index (Phi) is 3.49. The lowest BCUT2D eigenvalue weighted by atomic mass is 10.1. The van der Waals surface area contributed by atoms with E-state index >= 15 is 0 Å². The summed E-state index contributed by atoms with van der Waals surface area (Å²) in [5.41, 5.74) is 7.39. The number of anilines is 1. The zero-order valence-corrected chi connectivity index (χ0v) is 8.49. The average molecular weight is 189 g/mol. The molecule has 14 heavy (non-hydrogen) atoms. The monoisotopic (exact) mass is 189 g/mol. The van der Waals surface area contributed by atoms with E-state index in [4.69, 9.17) is 11.0 Å². The van der Waals surface area contributed by atoms with Crippen LogP contribution in [-0.2, 0) is 0 Å². The molecule has 0 saturated heterocycles. The van der Waals surface area contributed by atoms with Crippen LogP contribution in [0, 0.1) is 11.3 Å². The lowest BCUT2D eigenvalue weighted by molar-refractivity contribution is 0.638. The molecule has 0 amide bonds. The number of nitriles is 1. The number of rotatable bonds is 3. The first-order chi connectivity index (χ1) is 6.63. The van der Waals surface area contributed by atoms with Crippen molar-refractivity contribution in [3.8, 4) is 6.07 Å². The molecule has 0 aliphatic heterocycles. The first kappa shape index (κ1) is 10.6. The Morgan fingerprint density at radius 1 is 1.29 bits per heavy atom. The molecule has 0 aliphatic carbocycles. The van der Waals surface area contributed by atoms with Crippen LogP contribution in [0.15, 0.2) is 24.3 Å². The van der Waals surface area contributed by atoms with Crippen molar-refractivity contribution in [3.05, 3.63) is 29.8 Å². The van der Waals surface area contributed by atoms with Crippen LogP contribution in [0.4, 0.5) is 5.69 Å². The van der Waals surface area contributed by atoms with Gasteiger partial charge in [0, 0.05) is 17.8 Å². The topological polar surface area (TPSA) is 61.8 Å². The van der Waals surface area contributed by atoms with Gasteiger partial charge >= 0.3 is 0 Å². The summed E-state index contributed by atoms with van der Waals surface area (Å²) in [6, 6.07) is 9.75. The second-order valence-corrected chi connectivity index (χ2v) is 3.48. The number of nitrogens with one attached hydrogen (secondary N) is 1. The maximum atomic E-state index is 8.61. The molecule has 1 aromatic rings. The van der Waals surface area contributed by atoms with Gasteiger partial charge in [0.15, 0.2) is 0 Å². The number of hydrogen-bond acceptors (Lipinski definition) is 3. The van der Waals surface area contributed by atoms with Gasteiger partial charge in [-0.15, -0.1) is 0 Å². The van der Waals surface area contributed by atoms with Gasteiger partial charge < -0.3 is 11.1 Å². The molecule has 0 aliphatic rings. The highest BCUT2D eigenvalue weighted by atomic mass is 14.9. The van der Waals surface area contributed by atoms with Crippen molar-refractivity contribution in [1.82, 2.24) is 0 Å². The summed E-state index contributed by atoms with van der Waals surface area (Å²) in [6.45, 7) is 3.99. The Hall–Kier alpha value is -1.53. The van der Waals surface area contributed by atoms with E-state index in [2.05, 4.69) is 11.4 Å². The highest BCUT2D eigenvalue weighted by molar-refractivity contribution is 5.47. The first-order valence-electron chi connectivity index (χ1n) is 4.66. The predicted octanol–water partition coefficient (Wildman–Crippen LogP) is 1.71. The molecule has 0 heterocycles. The minimum absolute atomic E-state index is 0.102. The maximum absolute atomic E-state index is 8.61. The predicted molar refractivity (Wildman–Crippen MR) is 57.9 cm³/mol. The van der Waals surface area contributed by atoms with E-state index in [0.29, 0.717) is 5.56 Å². The molecule has 0 saturated carbocycles. The van der Waals surface area contributed by atoms with Crippen molar-refractivity contribution in [3.63, 3.8) is 0 Å². The Bertz CT molecular complexity index is 321. The van der Waals surface area contributed by atoms with Crippen LogP contribution in [0.3, 0.4) is 0 Å². The Morgan fingerprint density at radius 2 is 1.86 bits per heavy atom. The molecule has 0 fully saturated rings. The fourth-order valence-electron chi connectivity index (χ4n) is 1.04. The van der Waals surface area contributed by atoms with Crippen LogP contribution >= 0.6 is 0 Å². The first-order valence-corrected chi connectivity index (χ1v) is 4.66. The van der Waals surface area contributed by atoms with Gasteiger partial charge in [-0.05, 0) is 38.1 Å². The van der Waals surface area contributed by atoms with Gasteiger partial charge in [0.2, 0.25) is 0 Å². The van der Waals surface area contributed by atoms with Crippen LogP contribution < -0.4 is 11.1 Å². The summed E-state index contributed by atoms with van der Waals surface area (Å²) in [5.74, 6) is 0. The SMILES string of the molecule is CC(N)C(C)Nc1ccc(C#N)cc1. The summed E-state index contributed by atoms with van der Waals surface area (Å²) in [7, 11) is 0. The van der Waals surface area contributed by atoms with Crippen molar-refractivity contribution < 1.29 is 0 Å². The Balaban J connectivity index is 2.65. The fourth-order valence-corrected chi connectivity index (χ4v) is 1.04. The number of benzene rings is 1. The van der Waals surface area contributed by atoms with Gasteiger partial charge in [-0.1, -0.05) is 0 Å². The van der Waals surface area contributed by atoms with Gasteiger partial charge in [0.25, 0.3) is 0 Å². The van der Waals surface area contributed by atoms with E-state index in [0.717, 1.165) is 5.69 Å². The quantitative estimate of drug-likeness (QED) is 0.760. The standard InChI is InChI=1S/C11H15N3/c1-8(13)9(2)14-11-5-3-10(7-12)4-6-11/h3-6,8-9,14H,13H2,1-2H3. The molecule has 1 aromatic carbocycles. The smallest absolute Gasteiger partial charge is 0.0991 e. The zero-order valence-electron chi connectivity index (χ0n) is 8.49. The molecule has 1 rings (SSSR count). The minimum atomic E-state index is 0.102. The van der Waals surface area contributed by atoms with Crippen LogP contribution in [0.1, 0.15) is 19.4 Å². The number of hydrogen-bond donors (Lipinski definition) is 2. The van der Waals surface area contributed by atoms with Gasteiger partial charge in [-0.25, -0.2) is 0 Å². The van der Waals surface area contributed by atoms with Gasteiger partial charge in [0.1, 0.15) is 0 Å². The normalized spacial score (nSPS) is 14.1. The Morgan fingerprint density at radius 3 is 2.29 bits per heavy atom. The molecular formula is C11H15N3. The van der Waals surface area contributed by atoms with Crippen LogP contribution in [0.2, 0.25) is 0 Å². The number of nitrogens with zero attached hydrogens (tertiary/aromatic N) is 1. The molecule has 3 nitrogen and oxygen atoms in total. The molecule has 0 radical (unpaired) electrons. The summed E-state index contributed by atoms with van der Waals surface area (Å²) < 4.78 is 0. The third kappa shape index (κ3) is 2.75. The summed E-state index contributed by atoms with van der Waals surface area (Å²) in [5, 5.41) is 11.9. The molecule has 0 bridgehead atoms. The Labute approximate surface area is 84.5 Å². The van der Waals surface area contributed by atoms with Crippen molar-refractivity contribution in [2.24, 2.45) is 5.73 Å². The molecule has 3 heteroatoms. The molecule has 0 spiro atoms. The van der Waals surface area contributed by atoms with E-state index in [1.54, 1.807) is 12.1 Å². The highest BCUT2D eigenvalue weighted by Crippen LogP contribution is 2.10. The van der Waals surface area contributed by atoms with Crippen LogP contribution in [0.25, 0.3) is 0 Å². The van der Waals surface area contributed by atoms with Crippen LogP contribution in [-0.4, -0.2) is 12.1 Å². The van der Waals surface area contributed by atoms with Gasteiger partial charge in [-0.2, -0.15) is 5.26 Å². The molecule has 0 aromatic heterocycles. The molecule has 74 valence electrons. The second-order valence-electron chi connectivity index (χ2n) is 3.48. The summed E-state index contributed by atoms with van der Waals surface area (Å²) >= 11 is 0. The lowest BCUT2D eigenvalue weighted by Gasteiger charge is -2.18. The lowest BCUT2D eigenvalue weighted by Crippen LogP contribution is -2.35. The van der Waals surface area contributed by atoms with E-state index in [9.17, 15) is 0 Å². The minimum Gasteiger partial charge on any atom is -0.381 e. The summed E-state index contributed by atoms with van der Waals surface area (Å²) in [4.78, 5) is 0. The fraction of sp³-hybridized carbons (Fsp3) is 0.364. The van der Waals surface area contributed by atoms with E-state index in [-0.39, 0.29) is 12.1 Å².